The maximum atomic E-state index is 12.4. The fourth-order valence-electron chi connectivity index (χ4n) is 2.46. The van der Waals surface area contributed by atoms with Gasteiger partial charge < -0.3 is 30.1 Å². The van der Waals surface area contributed by atoms with Crippen LogP contribution in [0.3, 0.4) is 0 Å². The summed E-state index contributed by atoms with van der Waals surface area (Å²) in [6.07, 6.45) is 0. The van der Waals surface area contributed by atoms with Crippen molar-refractivity contribution in [1.82, 2.24) is 4.90 Å². The Morgan fingerprint density at radius 1 is 1.19 bits per heavy atom. The van der Waals surface area contributed by atoms with Gasteiger partial charge in [-0.2, -0.15) is 0 Å². The van der Waals surface area contributed by atoms with Crippen molar-refractivity contribution < 1.29 is 29.0 Å². The molecule has 3 N–H and O–H groups in total. The second-order valence-electron chi connectivity index (χ2n) is 5.48. The Balaban J connectivity index is 2.14. The summed E-state index contributed by atoms with van der Waals surface area (Å²) in [4.78, 5) is 37.2. The Morgan fingerprint density at radius 2 is 1.85 bits per heavy atom. The SMILES string of the molecule is COCC(=O)Nc1ccc(NC2=C(C(=O)OC)CN(CCO)C2=O)cc1. The number of anilines is 2. The Kier molecular flexibility index (Phi) is 6.70. The maximum absolute atomic E-state index is 12.4. The van der Waals surface area contributed by atoms with Gasteiger partial charge in [0.05, 0.1) is 25.8 Å². The fourth-order valence-corrected chi connectivity index (χ4v) is 2.46. The van der Waals surface area contributed by atoms with Gasteiger partial charge in [0, 0.05) is 25.0 Å². The minimum Gasteiger partial charge on any atom is -0.466 e. The Morgan fingerprint density at radius 3 is 2.42 bits per heavy atom. The number of methoxy groups -OCH3 is 2. The van der Waals surface area contributed by atoms with Crippen molar-refractivity contribution in [2.45, 2.75) is 0 Å². The number of aliphatic hydroxyl groups excluding tert-OH is 1. The van der Waals surface area contributed by atoms with Crippen molar-refractivity contribution >= 4 is 29.2 Å². The first kappa shape index (κ1) is 19.4. The van der Waals surface area contributed by atoms with Gasteiger partial charge in [-0.3, -0.25) is 9.59 Å². The Bertz CT molecular complexity index is 714. The van der Waals surface area contributed by atoms with Crippen LogP contribution >= 0.6 is 0 Å². The highest BCUT2D eigenvalue weighted by Crippen LogP contribution is 2.23. The standard InChI is InChI=1S/C17H21N3O6/c1-25-10-14(22)18-11-3-5-12(6-4-11)19-15-13(17(24)26-2)9-20(7-8-21)16(15)23/h3-6,19,21H,7-10H2,1-2H3,(H,18,22). The maximum Gasteiger partial charge on any atom is 0.337 e. The van der Waals surface area contributed by atoms with Crippen molar-refractivity contribution in [2.75, 3.05) is 51.2 Å². The van der Waals surface area contributed by atoms with Gasteiger partial charge in [0.25, 0.3) is 5.91 Å². The fraction of sp³-hybridized carbons (Fsp3) is 0.353. The average molecular weight is 363 g/mol. The molecule has 0 radical (unpaired) electrons. The molecule has 1 aliphatic heterocycles. The number of carbonyl (C=O) groups is 3. The zero-order chi connectivity index (χ0) is 19.1. The van der Waals surface area contributed by atoms with E-state index in [2.05, 4.69) is 10.6 Å². The highest BCUT2D eigenvalue weighted by atomic mass is 16.5. The molecule has 0 bridgehead atoms. The van der Waals surface area contributed by atoms with E-state index in [1.165, 1.54) is 19.1 Å². The zero-order valence-electron chi connectivity index (χ0n) is 14.6. The summed E-state index contributed by atoms with van der Waals surface area (Å²) in [6, 6.07) is 6.62. The van der Waals surface area contributed by atoms with E-state index in [1.54, 1.807) is 24.3 Å². The van der Waals surface area contributed by atoms with Crippen LogP contribution in [0, 0.1) is 0 Å². The number of nitrogens with one attached hydrogen (secondary N) is 2. The smallest absolute Gasteiger partial charge is 0.337 e. The van der Waals surface area contributed by atoms with Crippen LogP contribution in [-0.2, 0) is 23.9 Å². The van der Waals surface area contributed by atoms with Crippen LogP contribution in [0.5, 0.6) is 0 Å². The number of hydrogen-bond acceptors (Lipinski definition) is 7. The number of rotatable bonds is 8. The van der Waals surface area contributed by atoms with E-state index < -0.39 is 11.9 Å². The van der Waals surface area contributed by atoms with Crippen LogP contribution in [0.2, 0.25) is 0 Å². The molecule has 0 fully saturated rings. The average Bonchev–Trinajstić information content (AvgIpc) is 2.93. The molecule has 9 nitrogen and oxygen atoms in total. The molecule has 26 heavy (non-hydrogen) atoms. The third-order valence-electron chi connectivity index (χ3n) is 3.67. The molecule has 2 amide bonds. The Hall–Kier alpha value is -2.91. The molecular formula is C17H21N3O6. The molecule has 9 heteroatoms. The molecular weight excluding hydrogens is 342 g/mol. The minimum absolute atomic E-state index is 0.0510. The monoisotopic (exact) mass is 363 g/mol. The van der Waals surface area contributed by atoms with Crippen LogP contribution in [0.15, 0.2) is 35.5 Å². The molecule has 1 aromatic carbocycles. The van der Waals surface area contributed by atoms with Crippen LogP contribution < -0.4 is 10.6 Å². The van der Waals surface area contributed by atoms with Gasteiger partial charge in [0.2, 0.25) is 5.91 Å². The number of amides is 2. The largest absolute Gasteiger partial charge is 0.466 e. The molecule has 0 unspecified atom stereocenters. The molecule has 0 aliphatic carbocycles. The van der Waals surface area contributed by atoms with E-state index in [1.807, 2.05) is 0 Å². The lowest BCUT2D eigenvalue weighted by Crippen LogP contribution is -2.31. The van der Waals surface area contributed by atoms with Gasteiger partial charge in [-0.15, -0.1) is 0 Å². The first-order valence-electron chi connectivity index (χ1n) is 7.87. The third kappa shape index (κ3) is 4.58. The minimum atomic E-state index is -0.607. The second-order valence-corrected chi connectivity index (χ2v) is 5.48. The first-order chi connectivity index (χ1) is 12.5. The lowest BCUT2D eigenvalue weighted by Gasteiger charge is -2.15. The summed E-state index contributed by atoms with van der Waals surface area (Å²) < 4.78 is 9.47. The van der Waals surface area contributed by atoms with Crippen LogP contribution in [0.4, 0.5) is 11.4 Å². The van der Waals surface area contributed by atoms with Gasteiger partial charge in [-0.25, -0.2) is 4.79 Å². The summed E-state index contributed by atoms with van der Waals surface area (Å²) in [6.45, 7) is -0.0670. The molecule has 0 saturated carbocycles. The third-order valence-corrected chi connectivity index (χ3v) is 3.67. The predicted molar refractivity (Wildman–Crippen MR) is 93.3 cm³/mol. The van der Waals surface area contributed by atoms with Gasteiger partial charge >= 0.3 is 5.97 Å². The number of benzene rings is 1. The molecule has 1 heterocycles. The van der Waals surface area contributed by atoms with Crippen LogP contribution in [-0.4, -0.2) is 68.3 Å². The van der Waals surface area contributed by atoms with Gasteiger partial charge in [0.15, 0.2) is 0 Å². The van der Waals surface area contributed by atoms with E-state index in [0.717, 1.165) is 0 Å². The Labute approximate surface area is 150 Å². The number of ether oxygens (including phenoxy) is 2. The molecule has 0 saturated heterocycles. The van der Waals surface area contributed by atoms with Crippen LogP contribution in [0.25, 0.3) is 0 Å². The normalized spacial score (nSPS) is 13.8. The van der Waals surface area contributed by atoms with E-state index in [-0.39, 0.29) is 43.5 Å². The zero-order valence-corrected chi connectivity index (χ0v) is 14.6. The van der Waals surface area contributed by atoms with Crippen LogP contribution in [0.1, 0.15) is 0 Å². The van der Waals surface area contributed by atoms with Gasteiger partial charge in [-0.05, 0) is 24.3 Å². The first-order valence-corrected chi connectivity index (χ1v) is 7.87. The molecule has 0 atom stereocenters. The second kappa shape index (κ2) is 8.97. The molecule has 140 valence electrons. The lowest BCUT2D eigenvalue weighted by molar-refractivity contribution is -0.136. The number of carbonyl (C=O) groups excluding carboxylic acids is 3. The number of β-amino-alcohol motifs (C(OH)–C–C–N with tert-alkyl or cyclic N) is 1. The van der Waals surface area contributed by atoms with E-state index in [9.17, 15) is 14.4 Å². The quantitative estimate of drug-likeness (QED) is 0.554. The molecule has 0 aromatic heterocycles. The van der Waals surface area contributed by atoms with Gasteiger partial charge in [-0.1, -0.05) is 0 Å². The van der Waals surface area contributed by atoms with Crippen molar-refractivity contribution in [3.05, 3.63) is 35.5 Å². The van der Waals surface area contributed by atoms with Crippen molar-refractivity contribution in [1.29, 1.82) is 0 Å². The van der Waals surface area contributed by atoms with E-state index in [4.69, 9.17) is 14.6 Å². The van der Waals surface area contributed by atoms with E-state index in [0.29, 0.717) is 11.4 Å². The highest BCUT2D eigenvalue weighted by Gasteiger charge is 2.34. The number of nitrogens with zero attached hydrogens (tertiary/aromatic N) is 1. The summed E-state index contributed by atoms with van der Waals surface area (Å²) in [5.74, 6) is -1.28. The molecule has 1 aliphatic rings. The molecule has 1 aromatic rings. The van der Waals surface area contributed by atoms with E-state index >= 15 is 0 Å². The lowest BCUT2D eigenvalue weighted by atomic mass is 10.2. The topological polar surface area (TPSA) is 117 Å². The molecule has 2 rings (SSSR count). The van der Waals surface area contributed by atoms with Crippen molar-refractivity contribution in [2.24, 2.45) is 0 Å². The number of esters is 1. The summed E-state index contributed by atoms with van der Waals surface area (Å²) >= 11 is 0. The highest BCUT2D eigenvalue weighted by molar-refractivity contribution is 6.08. The van der Waals surface area contributed by atoms with Gasteiger partial charge in [0.1, 0.15) is 12.3 Å². The van der Waals surface area contributed by atoms with Crippen molar-refractivity contribution in [3.8, 4) is 0 Å². The predicted octanol–water partition coefficient (Wildman–Crippen LogP) is -0.0550. The molecule has 0 spiro atoms. The summed E-state index contributed by atoms with van der Waals surface area (Å²) in [7, 11) is 2.67. The summed E-state index contributed by atoms with van der Waals surface area (Å²) in [5, 5.41) is 14.6. The summed E-state index contributed by atoms with van der Waals surface area (Å²) in [5.41, 5.74) is 1.44. The van der Waals surface area contributed by atoms with Crippen molar-refractivity contribution in [3.63, 3.8) is 0 Å². The number of aliphatic hydroxyl groups is 1. The number of hydrogen-bond donors (Lipinski definition) is 3.